The Labute approximate surface area is 162 Å². The van der Waals surface area contributed by atoms with E-state index < -0.39 is 35.8 Å². The minimum atomic E-state index is -4.83. The smallest absolute Gasteiger partial charge is 0.421 e. The quantitative estimate of drug-likeness (QED) is 0.413. The first-order valence-corrected chi connectivity index (χ1v) is 8.07. The fourth-order valence-corrected chi connectivity index (χ4v) is 2.28. The van der Waals surface area contributed by atoms with E-state index in [1.54, 1.807) is 0 Å². The van der Waals surface area contributed by atoms with Crippen LogP contribution in [0.25, 0.3) is 6.08 Å². The Bertz CT molecular complexity index is 994. The summed E-state index contributed by atoms with van der Waals surface area (Å²) < 4.78 is 53.7. The van der Waals surface area contributed by atoms with Gasteiger partial charge in [-0.25, -0.2) is 9.59 Å². The number of pyridine rings is 1. The number of alkyl halides is 3. The fourth-order valence-electron chi connectivity index (χ4n) is 2.28. The van der Waals surface area contributed by atoms with Crippen LogP contribution in [0.2, 0.25) is 0 Å². The van der Waals surface area contributed by atoms with E-state index in [9.17, 15) is 27.6 Å². The molecule has 154 valence electrons. The molecule has 0 unspecified atom stereocenters. The van der Waals surface area contributed by atoms with Crippen molar-refractivity contribution in [3.8, 4) is 11.5 Å². The Balaban J connectivity index is 2.18. The van der Waals surface area contributed by atoms with Gasteiger partial charge in [0.25, 0.3) is 5.56 Å². The third-order valence-electron chi connectivity index (χ3n) is 3.65. The maximum absolute atomic E-state index is 12.8. The third-order valence-corrected chi connectivity index (χ3v) is 3.65. The first-order valence-electron chi connectivity index (χ1n) is 8.07. The van der Waals surface area contributed by atoms with Crippen molar-refractivity contribution >= 4 is 18.0 Å². The van der Waals surface area contributed by atoms with Gasteiger partial charge in [0.05, 0.1) is 14.2 Å². The van der Waals surface area contributed by atoms with Crippen molar-refractivity contribution in [2.45, 2.75) is 12.7 Å². The third kappa shape index (κ3) is 5.71. The lowest BCUT2D eigenvalue weighted by atomic mass is 10.2. The highest BCUT2D eigenvalue weighted by molar-refractivity contribution is 5.87. The summed E-state index contributed by atoms with van der Waals surface area (Å²) in [5.41, 5.74) is -2.19. The second-order valence-electron chi connectivity index (χ2n) is 5.59. The van der Waals surface area contributed by atoms with Crippen LogP contribution in [0.15, 0.2) is 47.4 Å². The van der Waals surface area contributed by atoms with Crippen LogP contribution in [0.4, 0.5) is 13.2 Å². The van der Waals surface area contributed by atoms with Crippen LogP contribution in [0.3, 0.4) is 0 Å². The molecule has 0 fully saturated rings. The second kappa shape index (κ2) is 9.09. The number of rotatable bonds is 6. The summed E-state index contributed by atoms with van der Waals surface area (Å²) >= 11 is 0. The zero-order chi connectivity index (χ0) is 21.6. The van der Waals surface area contributed by atoms with Crippen molar-refractivity contribution in [3.63, 3.8) is 0 Å². The van der Waals surface area contributed by atoms with Gasteiger partial charge in [-0.2, -0.15) is 13.2 Å². The molecular formula is C19H16F3NO6. The van der Waals surface area contributed by atoms with Gasteiger partial charge in [-0.3, -0.25) is 4.79 Å². The molecule has 0 saturated carbocycles. The highest BCUT2D eigenvalue weighted by atomic mass is 19.4. The van der Waals surface area contributed by atoms with E-state index >= 15 is 0 Å². The average molecular weight is 411 g/mol. The number of benzene rings is 1. The summed E-state index contributed by atoms with van der Waals surface area (Å²) in [5, 5.41) is 0. The molecular weight excluding hydrogens is 395 g/mol. The Morgan fingerprint density at radius 2 is 1.86 bits per heavy atom. The Hall–Kier alpha value is -3.56. The SMILES string of the molecule is COC(=O)/C=C/c1ccc(OC(=O)Cn2cccc(C(F)(F)F)c2=O)c(OC)c1. The molecule has 1 heterocycles. The number of carbonyl (C=O) groups is 2. The Morgan fingerprint density at radius 3 is 2.48 bits per heavy atom. The molecule has 0 saturated heterocycles. The van der Waals surface area contributed by atoms with E-state index in [-0.39, 0.29) is 11.5 Å². The van der Waals surface area contributed by atoms with Gasteiger partial charge in [-0.1, -0.05) is 6.07 Å². The summed E-state index contributed by atoms with van der Waals surface area (Å²) in [5.74, 6) is -1.40. The maximum Gasteiger partial charge on any atom is 0.421 e. The maximum atomic E-state index is 12.8. The molecule has 0 aliphatic heterocycles. The van der Waals surface area contributed by atoms with Gasteiger partial charge >= 0.3 is 18.1 Å². The first kappa shape index (κ1) is 21.7. The van der Waals surface area contributed by atoms with Crippen LogP contribution >= 0.6 is 0 Å². The normalized spacial score (nSPS) is 11.3. The van der Waals surface area contributed by atoms with Crippen molar-refractivity contribution in [2.75, 3.05) is 14.2 Å². The summed E-state index contributed by atoms with van der Waals surface area (Å²) in [4.78, 5) is 35.1. The van der Waals surface area contributed by atoms with Gasteiger partial charge < -0.3 is 18.8 Å². The van der Waals surface area contributed by atoms with E-state index in [1.807, 2.05) is 0 Å². The molecule has 7 nitrogen and oxygen atoms in total. The molecule has 0 radical (unpaired) electrons. The highest BCUT2D eigenvalue weighted by Crippen LogP contribution is 2.29. The molecule has 0 atom stereocenters. The van der Waals surface area contributed by atoms with Crippen LogP contribution in [-0.2, 0) is 27.0 Å². The monoisotopic (exact) mass is 411 g/mol. The van der Waals surface area contributed by atoms with Gasteiger partial charge in [0, 0.05) is 12.3 Å². The molecule has 0 bridgehead atoms. The van der Waals surface area contributed by atoms with Crippen LogP contribution in [-0.4, -0.2) is 30.7 Å². The number of hydrogen-bond acceptors (Lipinski definition) is 6. The number of hydrogen-bond donors (Lipinski definition) is 0. The molecule has 29 heavy (non-hydrogen) atoms. The molecule has 10 heteroatoms. The fraction of sp³-hybridized carbons (Fsp3) is 0.211. The van der Waals surface area contributed by atoms with E-state index in [0.29, 0.717) is 16.2 Å². The molecule has 0 amide bonds. The predicted molar refractivity (Wildman–Crippen MR) is 95.4 cm³/mol. The minimum Gasteiger partial charge on any atom is -0.493 e. The van der Waals surface area contributed by atoms with Gasteiger partial charge in [0.15, 0.2) is 11.5 Å². The lowest BCUT2D eigenvalue weighted by Crippen LogP contribution is -2.31. The number of ether oxygens (including phenoxy) is 3. The predicted octanol–water partition coefficient (Wildman–Crippen LogP) is 2.67. The van der Waals surface area contributed by atoms with E-state index in [2.05, 4.69) is 4.74 Å². The average Bonchev–Trinajstić information content (AvgIpc) is 2.67. The molecule has 0 spiro atoms. The largest absolute Gasteiger partial charge is 0.493 e. The number of esters is 2. The van der Waals surface area contributed by atoms with Crippen molar-refractivity contribution in [2.24, 2.45) is 0 Å². The van der Waals surface area contributed by atoms with Crippen LogP contribution in [0.5, 0.6) is 11.5 Å². The molecule has 1 aromatic heterocycles. The molecule has 0 N–H and O–H groups in total. The lowest BCUT2D eigenvalue weighted by molar-refractivity contribution is -0.140. The van der Waals surface area contributed by atoms with E-state index in [4.69, 9.17) is 9.47 Å². The Morgan fingerprint density at radius 1 is 1.14 bits per heavy atom. The summed E-state index contributed by atoms with van der Waals surface area (Å²) in [6.45, 7) is -0.726. The van der Waals surface area contributed by atoms with Crippen molar-refractivity contribution < 1.29 is 37.0 Å². The highest BCUT2D eigenvalue weighted by Gasteiger charge is 2.34. The van der Waals surface area contributed by atoms with Crippen LogP contribution < -0.4 is 15.0 Å². The Kier molecular flexibility index (Phi) is 6.81. The van der Waals surface area contributed by atoms with Crippen molar-refractivity contribution in [1.82, 2.24) is 4.57 Å². The molecule has 1 aromatic carbocycles. The van der Waals surface area contributed by atoms with E-state index in [0.717, 1.165) is 12.3 Å². The van der Waals surface area contributed by atoms with Crippen molar-refractivity contribution in [3.05, 3.63) is 64.1 Å². The molecule has 2 aromatic rings. The molecule has 2 rings (SSSR count). The van der Waals surface area contributed by atoms with Gasteiger partial charge in [0.2, 0.25) is 0 Å². The number of aromatic nitrogens is 1. The van der Waals surface area contributed by atoms with E-state index in [1.165, 1.54) is 44.6 Å². The number of carbonyl (C=O) groups excluding carboxylic acids is 2. The molecule has 0 aliphatic carbocycles. The number of halogens is 3. The van der Waals surface area contributed by atoms with Crippen LogP contribution in [0.1, 0.15) is 11.1 Å². The summed E-state index contributed by atoms with van der Waals surface area (Å²) in [6.07, 6.45) is -1.15. The molecule has 0 aliphatic rings. The van der Waals surface area contributed by atoms with Crippen molar-refractivity contribution in [1.29, 1.82) is 0 Å². The topological polar surface area (TPSA) is 83.8 Å². The summed E-state index contributed by atoms with van der Waals surface area (Å²) in [7, 11) is 2.54. The lowest BCUT2D eigenvalue weighted by Gasteiger charge is -2.12. The zero-order valence-electron chi connectivity index (χ0n) is 15.4. The van der Waals surface area contributed by atoms with Gasteiger partial charge in [0.1, 0.15) is 12.1 Å². The van der Waals surface area contributed by atoms with Gasteiger partial charge in [-0.15, -0.1) is 0 Å². The number of nitrogens with zero attached hydrogens (tertiary/aromatic N) is 1. The zero-order valence-corrected chi connectivity index (χ0v) is 15.4. The van der Waals surface area contributed by atoms with Crippen LogP contribution in [0, 0.1) is 0 Å². The number of methoxy groups -OCH3 is 2. The first-order chi connectivity index (χ1) is 13.7. The second-order valence-corrected chi connectivity index (χ2v) is 5.59. The standard InChI is InChI=1S/C19H16F3NO6/c1-27-15-10-12(6-8-16(24)28-2)5-7-14(15)29-17(25)11-23-9-3-4-13(18(23)26)19(20,21)22/h3-10H,11H2,1-2H3/b8-6+. The summed E-state index contributed by atoms with van der Waals surface area (Å²) in [6, 6.07) is 6.01. The minimum absolute atomic E-state index is 0.00672. The van der Waals surface area contributed by atoms with Gasteiger partial charge in [-0.05, 0) is 35.9 Å².